The van der Waals surface area contributed by atoms with Gasteiger partial charge in [-0.15, -0.1) is 0 Å². The van der Waals surface area contributed by atoms with Crippen LogP contribution in [0.5, 0.6) is 0 Å². The number of nitrogens with one attached hydrogen (secondary N) is 1. The number of ether oxygens (including phenoxy) is 1. The maximum Gasteiger partial charge on any atom is 0.295 e. The minimum absolute atomic E-state index is 0.209. The van der Waals surface area contributed by atoms with Crippen LogP contribution in [0, 0.1) is 21.8 Å². The summed E-state index contributed by atoms with van der Waals surface area (Å²) in [6.45, 7) is 2.01. The highest BCUT2D eigenvalue weighted by molar-refractivity contribution is 9.10. The van der Waals surface area contributed by atoms with E-state index in [0.717, 1.165) is 25.5 Å². The topological polar surface area (TPSA) is 64.4 Å². The van der Waals surface area contributed by atoms with Gasteiger partial charge in [-0.2, -0.15) is 0 Å². The van der Waals surface area contributed by atoms with Gasteiger partial charge in [0, 0.05) is 13.2 Å². The molecule has 1 aromatic carbocycles. The van der Waals surface area contributed by atoms with Crippen LogP contribution in [-0.2, 0) is 4.74 Å². The van der Waals surface area contributed by atoms with E-state index >= 15 is 0 Å². The molecule has 0 saturated carbocycles. The fraction of sp³-hybridized carbons (Fsp3) is 0.500. The average molecular weight is 333 g/mol. The van der Waals surface area contributed by atoms with Gasteiger partial charge >= 0.3 is 0 Å². The van der Waals surface area contributed by atoms with E-state index in [0.29, 0.717) is 24.8 Å². The minimum Gasteiger partial charge on any atom is -0.381 e. The largest absolute Gasteiger partial charge is 0.381 e. The van der Waals surface area contributed by atoms with Gasteiger partial charge in [-0.3, -0.25) is 10.1 Å². The standard InChI is InChI=1S/C12H14BrFN2O3/c13-9-4-11(12(16(17)18)5-10(9)14)15-6-8-2-1-3-19-7-8/h4-5,8,15H,1-3,6-7H2. The first kappa shape index (κ1) is 14.2. The quantitative estimate of drug-likeness (QED) is 0.678. The number of halogens is 2. The molecule has 19 heavy (non-hydrogen) atoms. The number of benzene rings is 1. The van der Waals surface area contributed by atoms with Crippen molar-refractivity contribution in [3.05, 3.63) is 32.5 Å². The molecule has 0 aromatic heterocycles. The van der Waals surface area contributed by atoms with E-state index < -0.39 is 10.7 Å². The van der Waals surface area contributed by atoms with Crippen LogP contribution >= 0.6 is 15.9 Å². The second kappa shape index (κ2) is 6.29. The summed E-state index contributed by atoms with van der Waals surface area (Å²) in [6.07, 6.45) is 2.03. The summed E-state index contributed by atoms with van der Waals surface area (Å²) < 4.78 is 18.9. The molecule has 2 rings (SSSR count). The zero-order valence-electron chi connectivity index (χ0n) is 10.2. The number of nitrogens with zero attached hydrogens (tertiary/aromatic N) is 1. The molecule has 1 atom stereocenters. The number of anilines is 1. The molecule has 1 fully saturated rings. The van der Waals surface area contributed by atoms with Crippen molar-refractivity contribution in [1.29, 1.82) is 0 Å². The number of hydrogen-bond acceptors (Lipinski definition) is 4. The van der Waals surface area contributed by atoms with Gasteiger partial charge in [0.15, 0.2) is 0 Å². The van der Waals surface area contributed by atoms with Gasteiger partial charge in [-0.05, 0) is 40.8 Å². The Kier molecular flexibility index (Phi) is 4.71. The zero-order chi connectivity index (χ0) is 13.8. The fourth-order valence-electron chi connectivity index (χ4n) is 2.05. The highest BCUT2D eigenvalue weighted by Gasteiger charge is 2.19. The maximum absolute atomic E-state index is 13.3. The van der Waals surface area contributed by atoms with Crippen LogP contribution in [-0.4, -0.2) is 24.7 Å². The molecule has 1 saturated heterocycles. The van der Waals surface area contributed by atoms with Gasteiger partial charge in [0.05, 0.1) is 22.1 Å². The van der Waals surface area contributed by atoms with Gasteiger partial charge in [0.25, 0.3) is 5.69 Å². The molecular weight excluding hydrogens is 319 g/mol. The summed E-state index contributed by atoms with van der Waals surface area (Å²) >= 11 is 3.03. The predicted octanol–water partition coefficient (Wildman–Crippen LogP) is 3.33. The third-order valence-corrected chi connectivity index (χ3v) is 3.68. The van der Waals surface area contributed by atoms with Crippen molar-refractivity contribution in [3.8, 4) is 0 Å². The molecule has 1 aromatic rings. The van der Waals surface area contributed by atoms with E-state index in [4.69, 9.17) is 4.74 Å². The Balaban J connectivity index is 2.09. The van der Waals surface area contributed by atoms with E-state index in [1.807, 2.05) is 0 Å². The van der Waals surface area contributed by atoms with Crippen molar-refractivity contribution in [1.82, 2.24) is 0 Å². The van der Waals surface area contributed by atoms with Crippen LogP contribution in [0.15, 0.2) is 16.6 Å². The Morgan fingerprint density at radius 2 is 2.37 bits per heavy atom. The molecule has 1 aliphatic rings. The van der Waals surface area contributed by atoms with Crippen LogP contribution in [0.4, 0.5) is 15.8 Å². The monoisotopic (exact) mass is 332 g/mol. The molecular formula is C12H14BrFN2O3. The first-order valence-corrected chi connectivity index (χ1v) is 6.82. The van der Waals surface area contributed by atoms with E-state index in [1.165, 1.54) is 6.07 Å². The van der Waals surface area contributed by atoms with Crippen LogP contribution < -0.4 is 5.32 Å². The molecule has 0 spiro atoms. The Bertz CT molecular complexity index is 478. The van der Waals surface area contributed by atoms with Crippen molar-refractivity contribution in [2.75, 3.05) is 25.1 Å². The van der Waals surface area contributed by atoms with Gasteiger partial charge in [0.1, 0.15) is 11.5 Å². The van der Waals surface area contributed by atoms with Crippen molar-refractivity contribution in [3.63, 3.8) is 0 Å². The summed E-state index contributed by atoms with van der Waals surface area (Å²) in [4.78, 5) is 10.3. The second-order valence-electron chi connectivity index (χ2n) is 4.50. The summed E-state index contributed by atoms with van der Waals surface area (Å²) in [6, 6.07) is 2.32. The van der Waals surface area contributed by atoms with Gasteiger partial charge < -0.3 is 10.1 Å². The first-order valence-electron chi connectivity index (χ1n) is 6.03. The van der Waals surface area contributed by atoms with Crippen LogP contribution in [0.25, 0.3) is 0 Å². The molecule has 7 heteroatoms. The number of hydrogen-bond donors (Lipinski definition) is 1. The van der Waals surface area contributed by atoms with Gasteiger partial charge in [-0.1, -0.05) is 0 Å². The highest BCUT2D eigenvalue weighted by Crippen LogP contribution is 2.31. The molecule has 1 aliphatic heterocycles. The summed E-state index contributed by atoms with van der Waals surface area (Å²) in [5.74, 6) is -0.310. The Hall–Kier alpha value is -1.21. The zero-order valence-corrected chi connectivity index (χ0v) is 11.8. The lowest BCUT2D eigenvalue weighted by atomic mass is 10.0. The van der Waals surface area contributed by atoms with Gasteiger partial charge in [-0.25, -0.2) is 4.39 Å². The van der Waals surface area contributed by atoms with Crippen molar-refractivity contribution in [2.24, 2.45) is 5.92 Å². The normalized spacial score (nSPS) is 19.2. The van der Waals surface area contributed by atoms with E-state index in [9.17, 15) is 14.5 Å². The molecule has 0 bridgehead atoms. The SMILES string of the molecule is O=[N+]([O-])c1cc(F)c(Br)cc1NCC1CCCOC1. The van der Waals surface area contributed by atoms with E-state index in [-0.39, 0.29) is 10.2 Å². The Morgan fingerprint density at radius 1 is 1.58 bits per heavy atom. The minimum atomic E-state index is -0.641. The van der Waals surface area contributed by atoms with Crippen LogP contribution in [0.3, 0.4) is 0 Å². The second-order valence-corrected chi connectivity index (χ2v) is 5.36. The Labute approximate surface area is 118 Å². The van der Waals surface area contributed by atoms with Crippen LogP contribution in [0.1, 0.15) is 12.8 Å². The smallest absolute Gasteiger partial charge is 0.295 e. The van der Waals surface area contributed by atoms with E-state index in [2.05, 4.69) is 21.2 Å². The summed E-state index contributed by atoms with van der Waals surface area (Å²) in [7, 11) is 0. The lowest BCUT2D eigenvalue weighted by molar-refractivity contribution is -0.384. The molecule has 0 aliphatic carbocycles. The maximum atomic E-state index is 13.3. The fourth-order valence-corrected chi connectivity index (χ4v) is 2.40. The van der Waals surface area contributed by atoms with Crippen molar-refractivity contribution in [2.45, 2.75) is 12.8 Å². The van der Waals surface area contributed by atoms with Gasteiger partial charge in [0.2, 0.25) is 0 Å². The number of nitro groups is 1. The number of rotatable bonds is 4. The molecule has 0 radical (unpaired) electrons. The highest BCUT2D eigenvalue weighted by atomic mass is 79.9. The molecule has 5 nitrogen and oxygen atoms in total. The summed E-state index contributed by atoms with van der Waals surface area (Å²) in [5, 5.41) is 13.9. The molecule has 1 N–H and O–H groups in total. The van der Waals surface area contributed by atoms with Crippen molar-refractivity contribution < 1.29 is 14.1 Å². The molecule has 1 heterocycles. The number of nitro benzene ring substituents is 1. The molecule has 104 valence electrons. The first-order chi connectivity index (χ1) is 9.08. The third-order valence-electron chi connectivity index (χ3n) is 3.07. The molecule has 1 unspecified atom stereocenters. The predicted molar refractivity (Wildman–Crippen MR) is 72.8 cm³/mol. The van der Waals surface area contributed by atoms with Crippen molar-refractivity contribution >= 4 is 27.3 Å². The average Bonchev–Trinajstić information content (AvgIpc) is 2.40. The lowest BCUT2D eigenvalue weighted by Gasteiger charge is -2.22. The molecule has 0 amide bonds. The third kappa shape index (κ3) is 3.63. The lowest BCUT2D eigenvalue weighted by Crippen LogP contribution is -2.24. The van der Waals surface area contributed by atoms with E-state index in [1.54, 1.807) is 0 Å². The Morgan fingerprint density at radius 3 is 3.00 bits per heavy atom. The van der Waals surface area contributed by atoms with Crippen LogP contribution in [0.2, 0.25) is 0 Å². The summed E-state index contributed by atoms with van der Waals surface area (Å²) in [5.41, 5.74) is 0.0706.